The lowest BCUT2D eigenvalue weighted by atomic mass is 10.0. The van der Waals surface area contributed by atoms with E-state index in [0.717, 1.165) is 51.1 Å². The Balaban J connectivity index is 1.40. The summed E-state index contributed by atoms with van der Waals surface area (Å²) in [5, 5.41) is 3.03. The van der Waals surface area contributed by atoms with E-state index < -0.39 is 0 Å². The van der Waals surface area contributed by atoms with Gasteiger partial charge in [0, 0.05) is 45.3 Å². The highest BCUT2D eigenvalue weighted by Crippen LogP contribution is 2.17. The van der Waals surface area contributed by atoms with Gasteiger partial charge < -0.3 is 10.2 Å². The molecular formula is C22H34N4O2. The van der Waals surface area contributed by atoms with Gasteiger partial charge in [0.15, 0.2) is 0 Å². The largest absolute Gasteiger partial charge is 0.351 e. The third-order valence-corrected chi connectivity index (χ3v) is 6.13. The SMILES string of the molecule is CC(C(=O)NCc1ccccc1)N1CCN(CC(=O)N2CCCCC2C)CC1. The van der Waals surface area contributed by atoms with E-state index in [2.05, 4.69) is 26.9 Å². The Hall–Kier alpha value is -1.92. The molecule has 0 radical (unpaired) electrons. The highest BCUT2D eigenvalue weighted by molar-refractivity contribution is 5.81. The number of hydrogen-bond donors (Lipinski definition) is 1. The van der Waals surface area contributed by atoms with Gasteiger partial charge in [-0.1, -0.05) is 30.3 Å². The summed E-state index contributed by atoms with van der Waals surface area (Å²) in [7, 11) is 0. The lowest BCUT2D eigenvalue weighted by Crippen LogP contribution is -2.55. The Bertz CT molecular complexity index is 643. The molecule has 2 amide bonds. The van der Waals surface area contributed by atoms with E-state index in [-0.39, 0.29) is 17.9 Å². The van der Waals surface area contributed by atoms with Crippen molar-refractivity contribution in [2.75, 3.05) is 39.3 Å². The average Bonchev–Trinajstić information content (AvgIpc) is 2.73. The topological polar surface area (TPSA) is 55.9 Å². The monoisotopic (exact) mass is 386 g/mol. The van der Waals surface area contributed by atoms with Crippen LogP contribution in [0.5, 0.6) is 0 Å². The molecule has 1 N–H and O–H groups in total. The summed E-state index contributed by atoms with van der Waals surface area (Å²) in [6, 6.07) is 10.2. The second-order valence-electron chi connectivity index (χ2n) is 8.12. The molecule has 2 aliphatic rings. The summed E-state index contributed by atoms with van der Waals surface area (Å²) in [6.45, 7) is 9.42. The summed E-state index contributed by atoms with van der Waals surface area (Å²) in [5.41, 5.74) is 1.11. The molecular weight excluding hydrogens is 352 g/mol. The number of nitrogens with one attached hydrogen (secondary N) is 1. The molecule has 28 heavy (non-hydrogen) atoms. The Morgan fingerprint density at radius 1 is 1.07 bits per heavy atom. The molecule has 2 atom stereocenters. The number of piperazine rings is 1. The van der Waals surface area contributed by atoms with Gasteiger partial charge in [0.25, 0.3) is 0 Å². The molecule has 1 aromatic carbocycles. The number of carbonyl (C=O) groups is 2. The normalized spacial score (nSPS) is 22.6. The Morgan fingerprint density at radius 2 is 1.79 bits per heavy atom. The first-order chi connectivity index (χ1) is 13.5. The number of hydrogen-bond acceptors (Lipinski definition) is 4. The molecule has 6 nitrogen and oxygen atoms in total. The molecule has 0 spiro atoms. The predicted octanol–water partition coefficient (Wildman–Crippen LogP) is 1.71. The zero-order chi connectivity index (χ0) is 19.9. The number of carbonyl (C=O) groups excluding carboxylic acids is 2. The van der Waals surface area contributed by atoms with Gasteiger partial charge in [0.1, 0.15) is 0 Å². The first-order valence-electron chi connectivity index (χ1n) is 10.6. The molecule has 2 heterocycles. The van der Waals surface area contributed by atoms with Crippen LogP contribution in [-0.2, 0) is 16.1 Å². The highest BCUT2D eigenvalue weighted by Gasteiger charge is 2.28. The van der Waals surface area contributed by atoms with E-state index in [1.54, 1.807) is 0 Å². The number of benzene rings is 1. The van der Waals surface area contributed by atoms with Crippen LogP contribution >= 0.6 is 0 Å². The molecule has 3 rings (SSSR count). The van der Waals surface area contributed by atoms with E-state index in [4.69, 9.17) is 0 Å². The second-order valence-corrected chi connectivity index (χ2v) is 8.12. The van der Waals surface area contributed by atoms with Crippen LogP contribution in [0.2, 0.25) is 0 Å². The number of amides is 2. The van der Waals surface area contributed by atoms with Crippen molar-refractivity contribution in [2.24, 2.45) is 0 Å². The molecule has 6 heteroatoms. The third kappa shape index (κ3) is 5.55. The minimum atomic E-state index is -0.149. The van der Waals surface area contributed by atoms with Gasteiger partial charge >= 0.3 is 0 Å². The van der Waals surface area contributed by atoms with Crippen LogP contribution < -0.4 is 5.32 Å². The van der Waals surface area contributed by atoms with Crippen molar-refractivity contribution in [3.8, 4) is 0 Å². The summed E-state index contributed by atoms with van der Waals surface area (Å²) >= 11 is 0. The summed E-state index contributed by atoms with van der Waals surface area (Å²) in [6.07, 6.45) is 3.47. The molecule has 2 unspecified atom stereocenters. The van der Waals surface area contributed by atoms with E-state index in [0.29, 0.717) is 19.1 Å². The number of likely N-dealkylation sites (tertiary alicyclic amines) is 1. The quantitative estimate of drug-likeness (QED) is 0.809. The maximum absolute atomic E-state index is 12.6. The van der Waals surface area contributed by atoms with E-state index >= 15 is 0 Å². The van der Waals surface area contributed by atoms with E-state index in [1.807, 2.05) is 37.3 Å². The molecule has 0 saturated carbocycles. The van der Waals surface area contributed by atoms with Crippen LogP contribution in [0, 0.1) is 0 Å². The first-order valence-corrected chi connectivity index (χ1v) is 10.6. The van der Waals surface area contributed by atoms with Crippen molar-refractivity contribution in [1.82, 2.24) is 20.0 Å². The second kappa shape index (κ2) is 10.0. The lowest BCUT2D eigenvalue weighted by molar-refractivity contribution is -0.136. The van der Waals surface area contributed by atoms with E-state index in [9.17, 15) is 9.59 Å². The van der Waals surface area contributed by atoms with Gasteiger partial charge in [0.05, 0.1) is 12.6 Å². The molecule has 2 fully saturated rings. The Morgan fingerprint density at radius 3 is 2.46 bits per heavy atom. The molecule has 0 aromatic heterocycles. The van der Waals surface area contributed by atoms with E-state index in [1.165, 1.54) is 6.42 Å². The van der Waals surface area contributed by atoms with Gasteiger partial charge in [-0.3, -0.25) is 19.4 Å². The van der Waals surface area contributed by atoms with Crippen molar-refractivity contribution in [3.63, 3.8) is 0 Å². The maximum atomic E-state index is 12.6. The van der Waals surface area contributed by atoms with Crippen LogP contribution in [0.3, 0.4) is 0 Å². The molecule has 0 bridgehead atoms. The maximum Gasteiger partial charge on any atom is 0.237 e. The zero-order valence-electron chi connectivity index (χ0n) is 17.3. The third-order valence-electron chi connectivity index (χ3n) is 6.13. The number of rotatable bonds is 6. The number of nitrogens with zero attached hydrogens (tertiary/aromatic N) is 3. The fourth-order valence-corrected chi connectivity index (χ4v) is 4.16. The van der Waals surface area contributed by atoms with Gasteiger partial charge in [-0.2, -0.15) is 0 Å². The molecule has 2 aliphatic heterocycles. The summed E-state index contributed by atoms with van der Waals surface area (Å²) in [5.74, 6) is 0.324. The fourth-order valence-electron chi connectivity index (χ4n) is 4.16. The van der Waals surface area contributed by atoms with Crippen molar-refractivity contribution in [1.29, 1.82) is 0 Å². The standard InChI is InChI=1S/C22H34N4O2/c1-18-8-6-7-11-26(18)21(27)17-24-12-14-25(15-13-24)19(2)22(28)23-16-20-9-4-3-5-10-20/h3-5,9-10,18-19H,6-8,11-17H2,1-2H3,(H,23,28). The van der Waals surface area contributed by atoms with Crippen LogP contribution in [-0.4, -0.2) is 77.9 Å². The van der Waals surface area contributed by atoms with Crippen LogP contribution in [0.4, 0.5) is 0 Å². The van der Waals surface area contributed by atoms with Gasteiger partial charge in [-0.05, 0) is 38.7 Å². The van der Waals surface area contributed by atoms with Crippen LogP contribution in [0.25, 0.3) is 0 Å². The predicted molar refractivity (Wildman–Crippen MR) is 111 cm³/mol. The van der Waals surface area contributed by atoms with Gasteiger partial charge in [0.2, 0.25) is 11.8 Å². The molecule has 1 aromatic rings. The van der Waals surface area contributed by atoms with Crippen molar-refractivity contribution >= 4 is 11.8 Å². The zero-order valence-corrected chi connectivity index (χ0v) is 17.3. The summed E-state index contributed by atoms with van der Waals surface area (Å²) in [4.78, 5) is 31.6. The van der Waals surface area contributed by atoms with Gasteiger partial charge in [-0.15, -0.1) is 0 Å². The molecule has 2 saturated heterocycles. The molecule has 0 aliphatic carbocycles. The van der Waals surface area contributed by atoms with Crippen LogP contribution in [0.15, 0.2) is 30.3 Å². The smallest absolute Gasteiger partial charge is 0.237 e. The van der Waals surface area contributed by atoms with Crippen molar-refractivity contribution in [2.45, 2.75) is 51.7 Å². The lowest BCUT2D eigenvalue weighted by Gasteiger charge is -2.39. The van der Waals surface area contributed by atoms with Crippen LogP contribution in [0.1, 0.15) is 38.7 Å². The minimum absolute atomic E-state index is 0.0653. The Kier molecular flexibility index (Phi) is 7.45. The average molecular weight is 387 g/mol. The first kappa shape index (κ1) is 20.8. The van der Waals surface area contributed by atoms with Crippen molar-refractivity contribution in [3.05, 3.63) is 35.9 Å². The minimum Gasteiger partial charge on any atom is -0.351 e. The van der Waals surface area contributed by atoms with Gasteiger partial charge in [-0.25, -0.2) is 0 Å². The molecule has 154 valence electrons. The number of piperidine rings is 1. The fraction of sp³-hybridized carbons (Fsp3) is 0.636. The summed E-state index contributed by atoms with van der Waals surface area (Å²) < 4.78 is 0. The Labute approximate surface area is 168 Å². The van der Waals surface area contributed by atoms with Crippen molar-refractivity contribution < 1.29 is 9.59 Å². The highest BCUT2D eigenvalue weighted by atomic mass is 16.2.